The van der Waals surface area contributed by atoms with E-state index in [0.717, 1.165) is 42.1 Å². The maximum absolute atomic E-state index is 10.1. The Morgan fingerprint density at radius 3 is 2.50 bits per heavy atom. The SMILES string of the molecule is C#CCN1/C(=C/C=C\c2cc[n+](Cc3ccccc3)c3cc(N(CC)CC)ccc23)C(C)(C)c2ccc(O)cc21. The zero-order valence-electron chi connectivity index (χ0n) is 23.9. The van der Waals surface area contributed by atoms with E-state index >= 15 is 0 Å². The first-order valence-corrected chi connectivity index (χ1v) is 14.1. The Kier molecular flexibility index (Phi) is 7.67. The highest BCUT2D eigenvalue weighted by molar-refractivity contribution is 5.88. The van der Waals surface area contributed by atoms with Gasteiger partial charge in [0.15, 0.2) is 12.7 Å². The number of phenols is 1. The highest BCUT2D eigenvalue weighted by atomic mass is 16.3. The van der Waals surface area contributed by atoms with Crippen molar-refractivity contribution in [2.75, 3.05) is 29.4 Å². The van der Waals surface area contributed by atoms with Crippen LogP contribution in [0, 0.1) is 12.3 Å². The quantitative estimate of drug-likeness (QED) is 0.196. The molecule has 0 atom stereocenters. The monoisotopic (exact) mass is 528 g/mol. The average molecular weight is 529 g/mol. The number of nitrogens with zero attached hydrogens (tertiary/aromatic N) is 3. The Bertz CT molecular complexity index is 1620. The molecule has 1 aromatic heterocycles. The summed E-state index contributed by atoms with van der Waals surface area (Å²) in [4.78, 5) is 4.52. The molecule has 0 spiro atoms. The van der Waals surface area contributed by atoms with E-state index in [4.69, 9.17) is 6.42 Å². The summed E-state index contributed by atoms with van der Waals surface area (Å²) in [5.74, 6) is 3.04. The summed E-state index contributed by atoms with van der Waals surface area (Å²) in [5, 5.41) is 11.4. The minimum absolute atomic E-state index is 0.236. The van der Waals surface area contributed by atoms with Gasteiger partial charge in [0.2, 0.25) is 5.52 Å². The second-order valence-corrected chi connectivity index (χ2v) is 10.8. The number of aromatic hydroxyl groups is 1. The van der Waals surface area contributed by atoms with Crippen LogP contribution in [0.4, 0.5) is 11.4 Å². The predicted molar refractivity (Wildman–Crippen MR) is 168 cm³/mol. The Balaban J connectivity index is 1.56. The van der Waals surface area contributed by atoms with Crippen LogP contribution in [0.15, 0.2) is 96.8 Å². The van der Waals surface area contributed by atoms with Crippen LogP contribution in [0.3, 0.4) is 0 Å². The van der Waals surface area contributed by atoms with Gasteiger partial charge in [-0.3, -0.25) is 0 Å². The van der Waals surface area contributed by atoms with Crippen LogP contribution >= 0.6 is 0 Å². The van der Waals surface area contributed by atoms with Crippen molar-refractivity contribution in [3.8, 4) is 18.1 Å². The molecular weight excluding hydrogens is 490 g/mol. The number of aromatic nitrogens is 1. The molecule has 0 radical (unpaired) electrons. The maximum Gasteiger partial charge on any atom is 0.215 e. The molecule has 0 fully saturated rings. The fourth-order valence-corrected chi connectivity index (χ4v) is 5.87. The van der Waals surface area contributed by atoms with E-state index in [9.17, 15) is 5.11 Å². The number of anilines is 2. The van der Waals surface area contributed by atoms with Crippen molar-refractivity contribution >= 4 is 28.4 Å². The molecule has 0 saturated heterocycles. The maximum atomic E-state index is 10.1. The van der Waals surface area contributed by atoms with E-state index < -0.39 is 0 Å². The van der Waals surface area contributed by atoms with E-state index in [2.05, 4.69) is 127 Å². The van der Waals surface area contributed by atoms with Crippen LogP contribution in [0.2, 0.25) is 0 Å². The van der Waals surface area contributed by atoms with Crippen molar-refractivity contribution in [2.24, 2.45) is 0 Å². The van der Waals surface area contributed by atoms with Crippen LogP contribution in [-0.4, -0.2) is 24.7 Å². The fraction of sp³-hybridized carbons (Fsp3) is 0.250. The molecule has 40 heavy (non-hydrogen) atoms. The first kappa shape index (κ1) is 27.1. The highest BCUT2D eigenvalue weighted by Gasteiger charge is 2.39. The third-order valence-corrected chi connectivity index (χ3v) is 8.02. The summed E-state index contributed by atoms with van der Waals surface area (Å²) in [6, 6.07) is 25.2. The van der Waals surface area contributed by atoms with Gasteiger partial charge in [-0.2, -0.15) is 4.57 Å². The van der Waals surface area contributed by atoms with Crippen LogP contribution in [0.5, 0.6) is 5.75 Å². The normalized spacial score (nSPS) is 15.1. The number of benzene rings is 3. The second kappa shape index (κ2) is 11.3. The average Bonchev–Trinajstić information content (AvgIpc) is 3.16. The Morgan fingerprint density at radius 1 is 1.00 bits per heavy atom. The predicted octanol–water partition coefficient (Wildman–Crippen LogP) is 7.06. The molecule has 202 valence electrons. The number of phenolic OH excluding ortho intramolecular Hbond substituents is 1. The molecule has 0 aliphatic carbocycles. The number of terminal acetylenes is 1. The van der Waals surface area contributed by atoms with Gasteiger partial charge in [-0.1, -0.05) is 68.3 Å². The third kappa shape index (κ3) is 5.08. The summed E-state index contributed by atoms with van der Waals surface area (Å²) in [6.45, 7) is 12.0. The molecule has 0 unspecified atom stereocenters. The van der Waals surface area contributed by atoms with Crippen molar-refractivity contribution in [3.63, 3.8) is 0 Å². The smallest absolute Gasteiger partial charge is 0.215 e. The Hall–Kier alpha value is -4.49. The van der Waals surface area contributed by atoms with E-state index in [-0.39, 0.29) is 11.2 Å². The lowest BCUT2D eigenvalue weighted by Crippen LogP contribution is -2.35. The van der Waals surface area contributed by atoms with Gasteiger partial charge in [0.05, 0.1) is 11.9 Å². The van der Waals surface area contributed by atoms with Crippen LogP contribution in [0.25, 0.3) is 17.0 Å². The largest absolute Gasteiger partial charge is 0.508 e. The molecule has 1 aliphatic heterocycles. The molecule has 3 aromatic carbocycles. The van der Waals surface area contributed by atoms with Gasteiger partial charge in [-0.05, 0) is 49.2 Å². The van der Waals surface area contributed by atoms with Gasteiger partial charge in [0.1, 0.15) is 5.75 Å². The summed E-state index contributed by atoms with van der Waals surface area (Å²) in [7, 11) is 0. The summed E-state index contributed by atoms with van der Waals surface area (Å²) in [5.41, 5.74) is 7.90. The van der Waals surface area contributed by atoms with Gasteiger partial charge >= 0.3 is 0 Å². The van der Waals surface area contributed by atoms with Gasteiger partial charge in [-0.25, -0.2) is 0 Å². The van der Waals surface area contributed by atoms with Crippen molar-refractivity contribution in [2.45, 2.75) is 39.7 Å². The molecule has 2 heterocycles. The van der Waals surface area contributed by atoms with Crippen molar-refractivity contribution in [1.29, 1.82) is 0 Å². The second-order valence-electron chi connectivity index (χ2n) is 10.8. The minimum Gasteiger partial charge on any atom is -0.508 e. The molecule has 4 heteroatoms. The number of hydrogen-bond acceptors (Lipinski definition) is 3. The minimum atomic E-state index is -0.236. The standard InChI is InChI=1S/C36H37N3O/c1-6-22-39-34-25-30(40)18-20-32(34)36(4,5)35(39)16-12-15-28-21-23-38(26-27-13-10-9-11-14-27)33-24-29(17-19-31(28)33)37(7-2)8-3/h1,9-21,23-25H,7-8,22,26H2,2-5H3/p+1. The summed E-state index contributed by atoms with van der Waals surface area (Å²) >= 11 is 0. The molecule has 4 aromatic rings. The number of rotatable bonds is 8. The third-order valence-electron chi connectivity index (χ3n) is 8.02. The van der Waals surface area contributed by atoms with E-state index in [0.29, 0.717) is 6.54 Å². The molecular formula is C36H38N3O+. The first-order valence-electron chi connectivity index (χ1n) is 14.1. The van der Waals surface area contributed by atoms with Gasteiger partial charge < -0.3 is 14.9 Å². The van der Waals surface area contributed by atoms with Gasteiger partial charge in [-0.15, -0.1) is 6.42 Å². The molecule has 5 rings (SSSR count). The van der Waals surface area contributed by atoms with Gasteiger partial charge in [0, 0.05) is 59.3 Å². The molecule has 0 amide bonds. The summed E-state index contributed by atoms with van der Waals surface area (Å²) < 4.78 is 2.34. The van der Waals surface area contributed by atoms with Gasteiger partial charge in [0.25, 0.3) is 0 Å². The van der Waals surface area contributed by atoms with Crippen LogP contribution < -0.4 is 14.4 Å². The van der Waals surface area contributed by atoms with E-state index in [1.807, 2.05) is 12.1 Å². The topological polar surface area (TPSA) is 30.6 Å². The number of fused-ring (bicyclic) bond motifs is 2. The number of hydrogen-bond donors (Lipinski definition) is 1. The Morgan fingerprint density at radius 2 is 1.77 bits per heavy atom. The Labute approximate surface area is 238 Å². The molecule has 1 N–H and O–H groups in total. The fourth-order valence-electron chi connectivity index (χ4n) is 5.87. The van der Waals surface area contributed by atoms with Crippen LogP contribution in [0.1, 0.15) is 44.4 Å². The highest BCUT2D eigenvalue weighted by Crippen LogP contribution is 2.48. The molecule has 4 nitrogen and oxygen atoms in total. The lowest BCUT2D eigenvalue weighted by Gasteiger charge is -2.25. The first-order chi connectivity index (χ1) is 19.4. The van der Waals surface area contributed by atoms with Crippen molar-refractivity contribution < 1.29 is 9.67 Å². The van der Waals surface area contributed by atoms with E-state index in [1.54, 1.807) is 6.07 Å². The number of pyridine rings is 1. The zero-order chi connectivity index (χ0) is 28.3. The van der Waals surface area contributed by atoms with Crippen molar-refractivity contribution in [3.05, 3.63) is 114 Å². The molecule has 1 aliphatic rings. The number of allylic oxidation sites excluding steroid dienone is 3. The molecule has 0 saturated carbocycles. The van der Waals surface area contributed by atoms with E-state index in [1.165, 1.54) is 22.2 Å². The molecule has 0 bridgehead atoms. The van der Waals surface area contributed by atoms with Crippen LogP contribution in [-0.2, 0) is 12.0 Å². The summed E-state index contributed by atoms with van der Waals surface area (Å²) in [6.07, 6.45) is 14.4. The lowest BCUT2D eigenvalue weighted by atomic mass is 9.83. The lowest BCUT2D eigenvalue weighted by molar-refractivity contribution is -0.662. The zero-order valence-corrected chi connectivity index (χ0v) is 23.9. The van der Waals surface area contributed by atoms with Crippen molar-refractivity contribution in [1.82, 2.24) is 0 Å².